The molecular weight excluding hydrogens is 406 g/mol. The van der Waals surface area contributed by atoms with Crippen LogP contribution in [-0.2, 0) is 10.0 Å². The summed E-state index contributed by atoms with van der Waals surface area (Å²) in [6.07, 6.45) is 0. The fraction of sp³-hybridized carbons (Fsp3) is 0.0385. The highest BCUT2D eigenvalue weighted by atomic mass is 32.2. The summed E-state index contributed by atoms with van der Waals surface area (Å²) in [5, 5.41) is 1.69. The van der Waals surface area contributed by atoms with E-state index >= 15 is 0 Å². The van der Waals surface area contributed by atoms with E-state index < -0.39 is 15.8 Å². The Bertz CT molecular complexity index is 1410. The number of benzene rings is 4. The highest BCUT2D eigenvalue weighted by Crippen LogP contribution is 2.23. The van der Waals surface area contributed by atoms with E-state index in [1.165, 1.54) is 12.1 Å². The standard InChI is InChI=1S/C26H19NO3S/c1-20-14-16-23(17-15-20)31(29,30)27(22-10-3-2-4-11-22)19-18-26(28)25-13-7-9-21-8-5-6-12-24(21)25/h2-17H,1H3. The largest absolute Gasteiger partial charge is 0.279 e. The van der Waals surface area contributed by atoms with Crippen molar-refractivity contribution in [2.75, 3.05) is 4.31 Å². The van der Waals surface area contributed by atoms with Crippen LogP contribution >= 0.6 is 0 Å². The van der Waals surface area contributed by atoms with Crippen molar-refractivity contribution in [3.05, 3.63) is 108 Å². The summed E-state index contributed by atoms with van der Waals surface area (Å²) in [5.41, 5.74) is 1.75. The number of nitrogens with zero attached hydrogens (tertiary/aromatic N) is 1. The van der Waals surface area contributed by atoms with Gasteiger partial charge in [-0.3, -0.25) is 4.79 Å². The molecule has 0 fully saturated rings. The van der Waals surface area contributed by atoms with E-state index in [0.29, 0.717) is 11.3 Å². The van der Waals surface area contributed by atoms with Gasteiger partial charge in [0.2, 0.25) is 5.78 Å². The Hall–Kier alpha value is -3.88. The summed E-state index contributed by atoms with van der Waals surface area (Å²) in [4.78, 5) is 13.0. The van der Waals surface area contributed by atoms with Crippen LogP contribution in [0.2, 0.25) is 0 Å². The second-order valence-electron chi connectivity index (χ2n) is 7.01. The average molecular weight is 426 g/mol. The normalized spacial score (nSPS) is 10.9. The molecule has 0 saturated heterocycles. The maximum absolute atomic E-state index is 13.3. The minimum absolute atomic E-state index is 0.105. The Morgan fingerprint density at radius 2 is 1.42 bits per heavy atom. The van der Waals surface area contributed by atoms with Gasteiger partial charge in [-0.25, -0.2) is 8.42 Å². The molecule has 4 aromatic rings. The summed E-state index contributed by atoms with van der Waals surface area (Å²) in [6.45, 7) is 1.88. The lowest BCUT2D eigenvalue weighted by molar-refractivity contribution is 0.105. The van der Waals surface area contributed by atoms with Crippen LogP contribution in [0.15, 0.2) is 102 Å². The van der Waals surface area contributed by atoms with Crippen LogP contribution in [-0.4, -0.2) is 14.2 Å². The Kier molecular flexibility index (Phi) is 5.57. The molecule has 0 unspecified atom stereocenters. The molecule has 0 radical (unpaired) electrons. The number of hydrogen-bond acceptors (Lipinski definition) is 3. The van der Waals surface area contributed by atoms with Gasteiger partial charge in [0.1, 0.15) is 0 Å². The Morgan fingerprint density at radius 1 is 0.774 bits per heavy atom. The lowest BCUT2D eigenvalue weighted by Crippen LogP contribution is -2.26. The first-order chi connectivity index (χ1) is 15.0. The van der Waals surface area contributed by atoms with E-state index in [1.807, 2.05) is 37.3 Å². The van der Waals surface area contributed by atoms with E-state index in [0.717, 1.165) is 20.6 Å². The smallest absolute Gasteiger partial charge is 0.275 e. The molecule has 0 spiro atoms. The van der Waals surface area contributed by atoms with Gasteiger partial charge in [-0.1, -0.05) is 72.3 Å². The van der Waals surface area contributed by atoms with E-state index in [2.05, 4.69) is 12.0 Å². The number of rotatable bonds is 4. The van der Waals surface area contributed by atoms with Crippen molar-refractivity contribution in [2.45, 2.75) is 11.8 Å². The summed E-state index contributed by atoms with van der Waals surface area (Å²) in [6, 6.07) is 30.6. The van der Waals surface area contributed by atoms with Crippen LogP contribution in [0.3, 0.4) is 0 Å². The Balaban J connectivity index is 1.79. The second kappa shape index (κ2) is 8.47. The molecule has 4 nitrogen and oxygen atoms in total. The summed E-state index contributed by atoms with van der Waals surface area (Å²) < 4.78 is 27.6. The number of ketones is 1. The minimum Gasteiger partial charge on any atom is -0.279 e. The van der Waals surface area contributed by atoms with Crippen LogP contribution in [0.4, 0.5) is 5.69 Å². The third-order valence-corrected chi connectivity index (χ3v) is 6.51. The van der Waals surface area contributed by atoms with Gasteiger partial charge >= 0.3 is 0 Å². The molecule has 0 saturated carbocycles. The van der Waals surface area contributed by atoms with Crippen molar-refractivity contribution in [2.24, 2.45) is 0 Å². The molecule has 0 aromatic heterocycles. The van der Waals surface area contributed by atoms with Gasteiger partial charge in [0, 0.05) is 17.5 Å². The zero-order valence-corrected chi connectivity index (χ0v) is 17.6. The highest BCUT2D eigenvalue weighted by Gasteiger charge is 2.24. The molecule has 0 N–H and O–H groups in total. The third kappa shape index (κ3) is 4.20. The van der Waals surface area contributed by atoms with Crippen LogP contribution in [0, 0.1) is 18.9 Å². The Morgan fingerprint density at radius 3 is 2.16 bits per heavy atom. The number of carbonyl (C=O) groups excluding carboxylic acids is 1. The van der Waals surface area contributed by atoms with Crippen LogP contribution in [0.1, 0.15) is 15.9 Å². The molecule has 0 atom stereocenters. The van der Waals surface area contributed by atoms with Crippen molar-refractivity contribution in [3.63, 3.8) is 0 Å². The van der Waals surface area contributed by atoms with E-state index in [-0.39, 0.29) is 4.90 Å². The number of Topliss-reactive ketones (excluding diaryl/α,β-unsaturated/α-hetero) is 1. The minimum atomic E-state index is -3.98. The Labute approximate surface area is 181 Å². The predicted molar refractivity (Wildman–Crippen MR) is 123 cm³/mol. The lowest BCUT2D eigenvalue weighted by atomic mass is 10.0. The van der Waals surface area contributed by atoms with Gasteiger partial charge in [-0.05, 0) is 48.0 Å². The molecule has 0 heterocycles. The lowest BCUT2D eigenvalue weighted by Gasteiger charge is -2.18. The maximum atomic E-state index is 13.3. The van der Waals surface area contributed by atoms with Gasteiger partial charge in [-0.15, -0.1) is 0 Å². The fourth-order valence-corrected chi connectivity index (χ4v) is 4.49. The second-order valence-corrected chi connectivity index (χ2v) is 8.80. The summed E-state index contributed by atoms with van der Waals surface area (Å²) >= 11 is 0. The first kappa shape index (κ1) is 20.4. The quantitative estimate of drug-likeness (QED) is 0.257. The van der Waals surface area contributed by atoms with E-state index in [9.17, 15) is 13.2 Å². The van der Waals surface area contributed by atoms with E-state index in [4.69, 9.17) is 0 Å². The van der Waals surface area contributed by atoms with Crippen molar-refractivity contribution < 1.29 is 13.2 Å². The highest BCUT2D eigenvalue weighted by molar-refractivity contribution is 7.93. The van der Waals surface area contributed by atoms with Gasteiger partial charge in [-0.2, -0.15) is 4.31 Å². The maximum Gasteiger partial charge on any atom is 0.275 e. The molecule has 4 aromatic carbocycles. The number of carbonyl (C=O) groups is 1. The van der Waals surface area contributed by atoms with Crippen molar-refractivity contribution in [1.29, 1.82) is 0 Å². The van der Waals surface area contributed by atoms with Crippen molar-refractivity contribution >= 4 is 32.3 Å². The number of sulfonamides is 1. The first-order valence-corrected chi connectivity index (χ1v) is 11.1. The average Bonchev–Trinajstić information content (AvgIpc) is 2.79. The zero-order valence-electron chi connectivity index (χ0n) is 16.8. The van der Waals surface area contributed by atoms with Crippen LogP contribution in [0.25, 0.3) is 10.8 Å². The summed E-state index contributed by atoms with van der Waals surface area (Å²) in [7, 11) is -3.98. The van der Waals surface area contributed by atoms with Gasteiger partial charge in [0.25, 0.3) is 10.0 Å². The molecule has 152 valence electrons. The van der Waals surface area contributed by atoms with Gasteiger partial charge in [0.15, 0.2) is 0 Å². The molecule has 0 aliphatic heterocycles. The molecule has 0 aliphatic rings. The molecule has 0 bridgehead atoms. The fourth-order valence-electron chi connectivity index (χ4n) is 3.23. The molecular formula is C26H19NO3S. The monoisotopic (exact) mass is 425 g/mol. The summed E-state index contributed by atoms with van der Waals surface area (Å²) in [5.74, 6) is 2.09. The molecule has 0 amide bonds. The first-order valence-electron chi connectivity index (χ1n) is 9.67. The number of aryl methyl sites for hydroxylation is 1. The van der Waals surface area contributed by atoms with E-state index in [1.54, 1.807) is 54.6 Å². The zero-order chi connectivity index (χ0) is 21.8. The molecule has 4 rings (SSSR count). The van der Waals surface area contributed by atoms with Gasteiger partial charge < -0.3 is 0 Å². The van der Waals surface area contributed by atoms with Crippen LogP contribution < -0.4 is 4.31 Å². The topological polar surface area (TPSA) is 54.5 Å². The number of fused-ring (bicyclic) bond motifs is 1. The van der Waals surface area contributed by atoms with Crippen molar-refractivity contribution in [1.82, 2.24) is 0 Å². The van der Waals surface area contributed by atoms with Gasteiger partial charge in [0.05, 0.1) is 10.6 Å². The number of para-hydroxylation sites is 1. The predicted octanol–water partition coefficient (Wildman–Crippen LogP) is 5.19. The molecule has 5 heteroatoms. The third-order valence-electron chi connectivity index (χ3n) is 4.86. The number of hydrogen-bond donors (Lipinski definition) is 0. The number of anilines is 1. The van der Waals surface area contributed by atoms with Crippen LogP contribution in [0.5, 0.6) is 0 Å². The van der Waals surface area contributed by atoms with Crippen molar-refractivity contribution in [3.8, 4) is 12.0 Å². The molecule has 31 heavy (non-hydrogen) atoms. The molecule has 0 aliphatic carbocycles. The SMILES string of the molecule is Cc1ccc(S(=O)(=O)N(C#CC(=O)c2cccc3ccccc23)c2ccccc2)cc1.